The molecule has 1 aliphatic rings. The second-order valence-corrected chi connectivity index (χ2v) is 11.8. The molecule has 3 heterocycles. The van der Waals surface area contributed by atoms with Crippen molar-refractivity contribution in [2.75, 3.05) is 25.0 Å². The van der Waals surface area contributed by atoms with Gasteiger partial charge in [0, 0.05) is 51.8 Å². The van der Waals surface area contributed by atoms with Crippen LogP contribution in [0.4, 0.5) is 5.69 Å². The molecule has 2 aromatic carbocycles. The number of fused-ring (bicyclic) bond motifs is 1. The standard InChI is InChI=1S/C32H31N5O5S/c1-32(2,42)10-13-37-12-9-22-14-25(20-5-7-21(8-6-20)29(40)34-17-28(38)39)26(15-24(22)18-37)35-30(41)27-19-43-31(36-27)23-4-3-11-33-16-23/h3-9,11,14-16,18-19,42H,10,12-13,17H2,1-2H3,(H,34,40)(H,35,41)(H,38,39)/p+1. The Kier molecular flexibility index (Phi) is 8.76. The molecule has 4 aromatic rings. The number of carboxylic acids is 1. The number of pyridine rings is 1. The highest BCUT2D eigenvalue weighted by Crippen LogP contribution is 2.28. The number of benzene rings is 2. The zero-order valence-electron chi connectivity index (χ0n) is 23.8. The van der Waals surface area contributed by atoms with Crippen molar-refractivity contribution in [1.82, 2.24) is 15.3 Å². The second kappa shape index (κ2) is 12.7. The normalized spacial score (nSPS) is 14.2. The fraction of sp³-hybridized carbons (Fsp3) is 0.219. The van der Waals surface area contributed by atoms with E-state index in [1.807, 2.05) is 24.3 Å². The van der Waals surface area contributed by atoms with E-state index in [4.69, 9.17) is 5.11 Å². The molecular weight excluding hydrogens is 566 g/mol. The van der Waals surface area contributed by atoms with Crippen molar-refractivity contribution < 1.29 is 29.5 Å². The molecule has 220 valence electrons. The maximum atomic E-state index is 13.4. The van der Waals surface area contributed by atoms with Gasteiger partial charge in [0.05, 0.1) is 12.1 Å². The predicted molar refractivity (Wildman–Crippen MR) is 165 cm³/mol. The average Bonchev–Trinajstić information content (AvgIpc) is 3.49. The number of carbonyl (C=O) groups excluding carboxylic acids is 2. The van der Waals surface area contributed by atoms with Crippen molar-refractivity contribution >= 4 is 47.1 Å². The molecule has 0 spiro atoms. The molecule has 2 aromatic heterocycles. The summed E-state index contributed by atoms with van der Waals surface area (Å²) in [5.74, 6) is -1.97. The monoisotopic (exact) mass is 598 g/mol. The highest BCUT2D eigenvalue weighted by molar-refractivity contribution is 7.13. The summed E-state index contributed by atoms with van der Waals surface area (Å²) in [6.45, 7) is 4.64. The highest BCUT2D eigenvalue weighted by Gasteiger charge is 2.20. The van der Waals surface area contributed by atoms with Crippen LogP contribution in [0, 0.1) is 0 Å². The molecule has 0 saturated carbocycles. The van der Waals surface area contributed by atoms with Crippen molar-refractivity contribution in [2.24, 2.45) is 0 Å². The molecule has 2 amide bonds. The molecule has 0 aliphatic carbocycles. The maximum Gasteiger partial charge on any atom is 0.322 e. The van der Waals surface area contributed by atoms with Gasteiger partial charge in [0.2, 0.25) is 0 Å². The summed E-state index contributed by atoms with van der Waals surface area (Å²) in [7, 11) is 0. The number of aliphatic hydroxyl groups is 1. The SMILES string of the molecule is CC(C)(O)CC[NH+]1C=c2cc(NC(=O)c3csc(-c4cccnc4)n3)c(-c3ccc(C(=O)NCC(=O)O)cc3)cc2=CC1. The fourth-order valence-electron chi connectivity index (χ4n) is 4.68. The first-order valence-electron chi connectivity index (χ1n) is 13.8. The Hall–Kier alpha value is -4.71. The lowest BCUT2D eigenvalue weighted by Crippen LogP contribution is -3.08. The van der Waals surface area contributed by atoms with E-state index in [0.717, 1.165) is 40.2 Å². The molecular formula is C32H32N5O5S+. The van der Waals surface area contributed by atoms with Crippen molar-refractivity contribution in [3.05, 3.63) is 88.0 Å². The quantitative estimate of drug-likeness (QED) is 0.186. The Morgan fingerprint density at radius 3 is 2.53 bits per heavy atom. The van der Waals surface area contributed by atoms with Crippen LogP contribution in [0.25, 0.3) is 34.0 Å². The van der Waals surface area contributed by atoms with Crippen LogP contribution >= 0.6 is 11.3 Å². The lowest BCUT2D eigenvalue weighted by Gasteiger charge is -2.22. The van der Waals surface area contributed by atoms with Gasteiger partial charge in [-0.3, -0.25) is 19.4 Å². The summed E-state index contributed by atoms with van der Waals surface area (Å²) in [5, 5.41) is 28.8. The number of anilines is 1. The van der Waals surface area contributed by atoms with Crippen LogP contribution in [0.5, 0.6) is 0 Å². The minimum Gasteiger partial charge on any atom is -0.480 e. The number of amides is 2. The van der Waals surface area contributed by atoms with E-state index in [0.29, 0.717) is 22.7 Å². The smallest absolute Gasteiger partial charge is 0.322 e. The summed E-state index contributed by atoms with van der Waals surface area (Å²) >= 11 is 1.36. The van der Waals surface area contributed by atoms with Crippen LogP contribution < -0.4 is 26.0 Å². The zero-order valence-corrected chi connectivity index (χ0v) is 24.6. The Morgan fingerprint density at radius 2 is 1.84 bits per heavy atom. The molecule has 0 saturated heterocycles. The Labute approximate surface area is 252 Å². The van der Waals surface area contributed by atoms with Gasteiger partial charge in [0.25, 0.3) is 11.8 Å². The number of carbonyl (C=O) groups is 3. The van der Waals surface area contributed by atoms with Crippen molar-refractivity contribution in [3.63, 3.8) is 0 Å². The van der Waals surface area contributed by atoms with Crippen LogP contribution in [0.1, 0.15) is 41.1 Å². The van der Waals surface area contributed by atoms with Gasteiger partial charge in [-0.2, -0.15) is 0 Å². The van der Waals surface area contributed by atoms with Crippen LogP contribution in [0.3, 0.4) is 0 Å². The molecule has 10 nitrogen and oxygen atoms in total. The molecule has 0 bridgehead atoms. The van der Waals surface area contributed by atoms with Gasteiger partial charge in [-0.25, -0.2) is 4.98 Å². The topological polar surface area (TPSA) is 146 Å². The van der Waals surface area contributed by atoms with E-state index in [1.54, 1.807) is 55.9 Å². The fourth-order valence-corrected chi connectivity index (χ4v) is 5.47. The number of rotatable bonds is 10. The summed E-state index contributed by atoms with van der Waals surface area (Å²) in [6, 6.07) is 14.4. The van der Waals surface area contributed by atoms with Crippen LogP contribution in [-0.2, 0) is 4.79 Å². The Morgan fingerprint density at radius 1 is 1.05 bits per heavy atom. The van der Waals surface area contributed by atoms with E-state index >= 15 is 0 Å². The number of thiazole rings is 1. The Balaban J connectivity index is 1.48. The van der Waals surface area contributed by atoms with E-state index in [9.17, 15) is 19.5 Å². The number of quaternary nitrogens is 1. The second-order valence-electron chi connectivity index (χ2n) is 10.9. The first kappa shape index (κ1) is 29.8. The highest BCUT2D eigenvalue weighted by atomic mass is 32.1. The van der Waals surface area contributed by atoms with E-state index < -0.39 is 24.0 Å². The average molecular weight is 599 g/mol. The lowest BCUT2D eigenvalue weighted by atomic mass is 9.98. The van der Waals surface area contributed by atoms with Crippen molar-refractivity contribution in [3.8, 4) is 21.7 Å². The van der Waals surface area contributed by atoms with Gasteiger partial charge in [-0.1, -0.05) is 12.1 Å². The lowest BCUT2D eigenvalue weighted by molar-refractivity contribution is -0.810. The molecule has 1 unspecified atom stereocenters. The molecule has 1 atom stereocenters. The van der Waals surface area contributed by atoms with Crippen LogP contribution in [0.2, 0.25) is 0 Å². The minimum atomic E-state index is -1.12. The predicted octanol–water partition coefficient (Wildman–Crippen LogP) is 1.52. The van der Waals surface area contributed by atoms with Gasteiger partial charge in [-0.05, 0) is 67.1 Å². The van der Waals surface area contributed by atoms with E-state index in [-0.39, 0.29) is 11.6 Å². The van der Waals surface area contributed by atoms with Crippen molar-refractivity contribution in [2.45, 2.75) is 25.9 Å². The van der Waals surface area contributed by atoms with Crippen LogP contribution in [0.15, 0.2) is 66.3 Å². The first-order valence-corrected chi connectivity index (χ1v) is 14.6. The number of aliphatic carboxylic acids is 1. The maximum absolute atomic E-state index is 13.4. The molecule has 0 fully saturated rings. The third-order valence-electron chi connectivity index (χ3n) is 6.98. The largest absolute Gasteiger partial charge is 0.480 e. The zero-order chi connectivity index (χ0) is 30.6. The summed E-state index contributed by atoms with van der Waals surface area (Å²) in [6.07, 6.45) is 8.27. The number of hydrogen-bond acceptors (Lipinski definition) is 7. The number of nitrogens with zero attached hydrogens (tertiary/aromatic N) is 2. The molecule has 1 aliphatic heterocycles. The van der Waals surface area contributed by atoms with Crippen molar-refractivity contribution in [1.29, 1.82) is 0 Å². The van der Waals surface area contributed by atoms with Gasteiger partial charge in [-0.15, -0.1) is 11.3 Å². The molecule has 0 radical (unpaired) electrons. The summed E-state index contributed by atoms with van der Waals surface area (Å²) in [4.78, 5) is 46.4. The Bertz CT molecular complexity index is 1780. The van der Waals surface area contributed by atoms with Gasteiger partial charge in [0.1, 0.15) is 30.0 Å². The third-order valence-corrected chi connectivity index (χ3v) is 7.87. The summed E-state index contributed by atoms with van der Waals surface area (Å²) < 4.78 is 0. The summed E-state index contributed by atoms with van der Waals surface area (Å²) in [5.41, 5.74) is 2.78. The third kappa shape index (κ3) is 7.58. The molecule has 5 N–H and O–H groups in total. The number of hydrogen-bond donors (Lipinski definition) is 5. The minimum absolute atomic E-state index is 0.283. The molecule has 11 heteroatoms. The van der Waals surface area contributed by atoms with E-state index in [1.165, 1.54) is 16.2 Å². The first-order chi connectivity index (χ1) is 20.6. The molecule has 5 rings (SSSR count). The van der Waals surface area contributed by atoms with Crippen LogP contribution in [-0.4, -0.2) is 63.2 Å². The number of carboxylic acid groups (broad SMARTS) is 1. The van der Waals surface area contributed by atoms with Gasteiger partial charge >= 0.3 is 5.97 Å². The van der Waals surface area contributed by atoms with Gasteiger partial charge < -0.3 is 25.7 Å². The number of nitrogens with one attached hydrogen (secondary N) is 3. The van der Waals surface area contributed by atoms with E-state index in [2.05, 4.69) is 32.9 Å². The number of aromatic nitrogens is 2. The molecule has 43 heavy (non-hydrogen) atoms. The van der Waals surface area contributed by atoms with Gasteiger partial charge in [0.15, 0.2) is 0 Å².